The van der Waals surface area contributed by atoms with Gasteiger partial charge in [-0.3, -0.25) is 0 Å². The van der Waals surface area contributed by atoms with E-state index in [1.54, 1.807) is 20.0 Å². The normalized spacial score (nSPS) is 13.8. The fourth-order valence-corrected chi connectivity index (χ4v) is 4.41. The van der Waals surface area contributed by atoms with Gasteiger partial charge in [-0.1, -0.05) is 29.3 Å². The summed E-state index contributed by atoms with van der Waals surface area (Å²) >= 11 is 3.41. The van der Waals surface area contributed by atoms with Crippen LogP contribution in [0, 0.1) is 6.92 Å². The predicted molar refractivity (Wildman–Crippen MR) is 86.1 cm³/mol. The first kappa shape index (κ1) is 17.6. The third kappa shape index (κ3) is 3.61. The number of sulfonamides is 1. The molecule has 0 aliphatic rings. The summed E-state index contributed by atoms with van der Waals surface area (Å²) in [6.07, 6.45) is 1.79. The summed E-state index contributed by atoms with van der Waals surface area (Å²) in [5, 5.41) is 0. The highest BCUT2D eigenvalue weighted by Crippen LogP contribution is 2.28. The minimum absolute atomic E-state index is 0.0234. The van der Waals surface area contributed by atoms with Crippen molar-refractivity contribution in [1.82, 2.24) is 4.31 Å². The number of nitrogens with zero attached hydrogens (tertiary/aromatic N) is 1. The molecular weight excluding hydrogens is 340 g/mol. The van der Waals surface area contributed by atoms with Gasteiger partial charge in [-0.05, 0) is 43.5 Å². The first-order valence-electron chi connectivity index (χ1n) is 6.72. The van der Waals surface area contributed by atoms with Crippen LogP contribution in [-0.4, -0.2) is 25.8 Å². The van der Waals surface area contributed by atoms with Gasteiger partial charge >= 0.3 is 0 Å². The van der Waals surface area contributed by atoms with E-state index in [1.807, 2.05) is 19.9 Å². The molecule has 0 aromatic heterocycles. The van der Waals surface area contributed by atoms with E-state index < -0.39 is 10.0 Å². The van der Waals surface area contributed by atoms with Gasteiger partial charge < -0.3 is 5.73 Å². The van der Waals surface area contributed by atoms with Gasteiger partial charge in [-0.25, -0.2) is 8.42 Å². The van der Waals surface area contributed by atoms with E-state index in [9.17, 15) is 8.42 Å². The third-order valence-electron chi connectivity index (χ3n) is 3.58. The Hall–Kier alpha value is -0.430. The van der Waals surface area contributed by atoms with E-state index in [4.69, 9.17) is 5.73 Å². The van der Waals surface area contributed by atoms with Crippen LogP contribution in [-0.2, 0) is 16.6 Å². The van der Waals surface area contributed by atoms with Gasteiger partial charge in [0.2, 0.25) is 10.0 Å². The van der Waals surface area contributed by atoms with Crippen LogP contribution in [0.3, 0.4) is 0 Å². The van der Waals surface area contributed by atoms with E-state index in [0.29, 0.717) is 11.4 Å². The molecule has 1 aromatic carbocycles. The van der Waals surface area contributed by atoms with Crippen LogP contribution in [0.4, 0.5) is 0 Å². The van der Waals surface area contributed by atoms with Crippen molar-refractivity contribution in [1.29, 1.82) is 0 Å². The Morgan fingerprint density at radius 3 is 2.50 bits per heavy atom. The molecule has 20 heavy (non-hydrogen) atoms. The van der Waals surface area contributed by atoms with Crippen molar-refractivity contribution < 1.29 is 8.42 Å². The zero-order chi connectivity index (χ0) is 15.5. The van der Waals surface area contributed by atoms with E-state index in [-0.39, 0.29) is 6.04 Å². The monoisotopic (exact) mass is 362 g/mol. The molecule has 114 valence electrons. The molecule has 0 aliphatic heterocycles. The lowest BCUT2D eigenvalue weighted by Gasteiger charge is -2.25. The molecule has 0 saturated carbocycles. The van der Waals surface area contributed by atoms with Crippen LogP contribution in [0.5, 0.6) is 0 Å². The molecule has 0 saturated heterocycles. The van der Waals surface area contributed by atoms with Crippen molar-refractivity contribution in [3.8, 4) is 0 Å². The SMILES string of the molecule is CCCC(C)N(C)S(=O)(=O)c1cc(CN)cc(Br)c1C. The molecule has 6 heteroatoms. The van der Waals surface area contributed by atoms with Crippen molar-refractivity contribution in [2.24, 2.45) is 5.73 Å². The number of benzene rings is 1. The second-order valence-electron chi connectivity index (χ2n) is 5.06. The van der Waals surface area contributed by atoms with Crippen molar-refractivity contribution in [3.63, 3.8) is 0 Å². The third-order valence-corrected chi connectivity index (χ3v) is 6.50. The molecule has 4 nitrogen and oxygen atoms in total. The Labute approximate surface area is 130 Å². The lowest BCUT2D eigenvalue weighted by molar-refractivity contribution is 0.368. The van der Waals surface area contributed by atoms with Gasteiger partial charge in [0.15, 0.2) is 0 Å². The number of hydrogen-bond donors (Lipinski definition) is 1. The maximum Gasteiger partial charge on any atom is 0.243 e. The minimum atomic E-state index is -3.50. The first-order valence-corrected chi connectivity index (χ1v) is 8.96. The summed E-state index contributed by atoms with van der Waals surface area (Å²) in [6, 6.07) is 3.51. The fraction of sp³-hybridized carbons (Fsp3) is 0.571. The largest absolute Gasteiger partial charge is 0.326 e. The highest BCUT2D eigenvalue weighted by atomic mass is 79.9. The number of hydrogen-bond acceptors (Lipinski definition) is 3. The average Bonchev–Trinajstić information content (AvgIpc) is 2.40. The summed E-state index contributed by atoms with van der Waals surface area (Å²) < 4.78 is 27.7. The second-order valence-corrected chi connectivity index (χ2v) is 7.88. The lowest BCUT2D eigenvalue weighted by atomic mass is 10.1. The van der Waals surface area contributed by atoms with Gasteiger partial charge in [-0.15, -0.1) is 0 Å². The molecule has 0 radical (unpaired) electrons. The van der Waals surface area contributed by atoms with Crippen molar-refractivity contribution in [2.75, 3.05) is 7.05 Å². The van der Waals surface area contributed by atoms with E-state index in [1.165, 1.54) is 4.31 Å². The zero-order valence-electron chi connectivity index (χ0n) is 12.5. The lowest BCUT2D eigenvalue weighted by Crippen LogP contribution is -2.35. The number of rotatable bonds is 6. The molecule has 1 rings (SSSR count). The molecule has 2 N–H and O–H groups in total. The van der Waals surface area contributed by atoms with Gasteiger partial charge in [0.25, 0.3) is 0 Å². The Morgan fingerprint density at radius 1 is 1.40 bits per heavy atom. The smallest absolute Gasteiger partial charge is 0.243 e. The summed E-state index contributed by atoms with van der Waals surface area (Å²) in [5.74, 6) is 0. The molecule has 1 atom stereocenters. The highest BCUT2D eigenvalue weighted by molar-refractivity contribution is 9.10. The molecule has 0 spiro atoms. The molecule has 0 heterocycles. The number of halogens is 1. The Bertz CT molecular complexity index is 573. The van der Waals surface area contributed by atoms with Crippen molar-refractivity contribution in [3.05, 3.63) is 27.7 Å². The maximum absolute atomic E-state index is 12.8. The molecule has 1 unspecified atom stereocenters. The average molecular weight is 363 g/mol. The molecule has 1 aromatic rings. The molecule has 0 fully saturated rings. The summed E-state index contributed by atoms with van der Waals surface area (Å²) in [6.45, 7) is 6.09. The second kappa shape index (κ2) is 7.02. The van der Waals surface area contributed by atoms with Gasteiger partial charge in [-0.2, -0.15) is 4.31 Å². The van der Waals surface area contributed by atoms with Crippen LogP contribution < -0.4 is 5.73 Å². The quantitative estimate of drug-likeness (QED) is 0.845. The van der Waals surface area contributed by atoms with Crippen LogP contribution in [0.25, 0.3) is 0 Å². The predicted octanol–water partition coefficient (Wildman–Crippen LogP) is 3.03. The minimum Gasteiger partial charge on any atom is -0.326 e. The molecular formula is C14H23BrN2O2S. The summed E-state index contributed by atoms with van der Waals surface area (Å²) in [4.78, 5) is 0.331. The van der Waals surface area contributed by atoms with E-state index in [0.717, 1.165) is 28.4 Å². The maximum atomic E-state index is 12.8. The van der Waals surface area contributed by atoms with Gasteiger partial charge in [0, 0.05) is 24.1 Å². The highest BCUT2D eigenvalue weighted by Gasteiger charge is 2.27. The Morgan fingerprint density at radius 2 is 2.00 bits per heavy atom. The standard InChI is InChI=1S/C14H23BrN2O2S/c1-5-6-10(2)17(4)20(18,19)14-8-12(9-16)7-13(15)11(14)3/h7-8,10H,5-6,9,16H2,1-4H3. The van der Waals surface area contributed by atoms with Gasteiger partial charge in [0.05, 0.1) is 4.90 Å². The van der Waals surface area contributed by atoms with Crippen molar-refractivity contribution >= 4 is 26.0 Å². The van der Waals surface area contributed by atoms with Crippen LogP contribution in [0.15, 0.2) is 21.5 Å². The summed E-state index contributed by atoms with van der Waals surface area (Å²) in [5.41, 5.74) is 7.16. The van der Waals surface area contributed by atoms with Crippen molar-refractivity contribution in [2.45, 2.75) is 51.1 Å². The first-order chi connectivity index (χ1) is 9.25. The van der Waals surface area contributed by atoms with E-state index in [2.05, 4.69) is 15.9 Å². The van der Waals surface area contributed by atoms with Crippen LogP contribution in [0.1, 0.15) is 37.8 Å². The molecule has 0 amide bonds. The zero-order valence-corrected chi connectivity index (χ0v) is 14.9. The Balaban J connectivity index is 3.31. The Kier molecular flexibility index (Phi) is 6.19. The van der Waals surface area contributed by atoms with Crippen LogP contribution >= 0.6 is 15.9 Å². The fourth-order valence-electron chi connectivity index (χ4n) is 2.08. The van der Waals surface area contributed by atoms with Crippen LogP contribution in [0.2, 0.25) is 0 Å². The number of nitrogens with two attached hydrogens (primary N) is 1. The molecule has 0 bridgehead atoms. The van der Waals surface area contributed by atoms with Gasteiger partial charge in [0.1, 0.15) is 0 Å². The molecule has 0 aliphatic carbocycles. The summed E-state index contributed by atoms with van der Waals surface area (Å²) in [7, 11) is -1.86. The van der Waals surface area contributed by atoms with E-state index >= 15 is 0 Å². The topological polar surface area (TPSA) is 63.4 Å².